The van der Waals surface area contributed by atoms with Gasteiger partial charge in [-0.15, -0.1) is 0 Å². The lowest BCUT2D eigenvalue weighted by molar-refractivity contribution is -0.385. The van der Waals surface area contributed by atoms with Crippen LogP contribution in [0.3, 0.4) is 0 Å². The zero-order valence-electron chi connectivity index (χ0n) is 11.0. The summed E-state index contributed by atoms with van der Waals surface area (Å²) in [4.78, 5) is 18.5. The van der Waals surface area contributed by atoms with E-state index in [2.05, 4.69) is 22.2 Å². The molecule has 1 aliphatic carbocycles. The van der Waals surface area contributed by atoms with E-state index < -0.39 is 4.92 Å². The Balaban J connectivity index is 2.30. The van der Waals surface area contributed by atoms with Gasteiger partial charge in [-0.3, -0.25) is 10.1 Å². The van der Waals surface area contributed by atoms with Gasteiger partial charge in [0.1, 0.15) is 5.69 Å². The molecule has 19 heavy (non-hydrogen) atoms. The first-order chi connectivity index (χ1) is 8.99. The number of nitrogens with one attached hydrogen (secondary N) is 1. The van der Waals surface area contributed by atoms with Crippen molar-refractivity contribution < 1.29 is 4.92 Å². The van der Waals surface area contributed by atoms with Crippen LogP contribution in [0.1, 0.15) is 38.3 Å². The summed E-state index contributed by atoms with van der Waals surface area (Å²) in [6, 6.07) is 0.206. The van der Waals surface area contributed by atoms with E-state index in [1.807, 2.05) is 0 Å². The molecule has 7 heteroatoms. The predicted octanol–water partition coefficient (Wildman–Crippen LogP) is 3.34. The molecule has 0 amide bonds. The molecule has 0 radical (unpaired) electrons. The van der Waals surface area contributed by atoms with Gasteiger partial charge >= 0.3 is 5.69 Å². The smallest absolute Gasteiger partial charge is 0.332 e. The second-order valence-electron chi connectivity index (χ2n) is 5.04. The Morgan fingerprint density at radius 1 is 1.37 bits per heavy atom. The lowest BCUT2D eigenvalue weighted by atomic mass is 9.86. The molecule has 2 unspecified atom stereocenters. The Kier molecular flexibility index (Phi) is 4.19. The van der Waals surface area contributed by atoms with Crippen LogP contribution in [0.15, 0.2) is 0 Å². The van der Waals surface area contributed by atoms with Crippen LogP contribution in [0.5, 0.6) is 0 Å². The fourth-order valence-corrected chi connectivity index (χ4v) is 2.77. The van der Waals surface area contributed by atoms with E-state index in [1.54, 1.807) is 6.92 Å². The molecule has 1 saturated carbocycles. The third-order valence-electron chi connectivity index (χ3n) is 3.65. The number of aryl methyl sites for hydroxylation is 1. The zero-order chi connectivity index (χ0) is 14.0. The molecule has 2 rings (SSSR count). The molecule has 1 N–H and O–H groups in total. The van der Waals surface area contributed by atoms with E-state index in [1.165, 1.54) is 6.42 Å². The molecule has 2 atom stereocenters. The highest BCUT2D eigenvalue weighted by Crippen LogP contribution is 2.31. The van der Waals surface area contributed by atoms with Crippen LogP contribution < -0.4 is 5.32 Å². The van der Waals surface area contributed by atoms with E-state index >= 15 is 0 Å². The number of aromatic nitrogens is 2. The SMILES string of the molecule is Cc1nc(Cl)nc(NC2CCCCC2C)c1[N+](=O)[O-]. The van der Waals surface area contributed by atoms with Gasteiger partial charge in [-0.25, -0.2) is 4.98 Å². The van der Waals surface area contributed by atoms with Crippen LogP contribution in [-0.4, -0.2) is 20.9 Å². The van der Waals surface area contributed by atoms with Crippen molar-refractivity contribution in [2.75, 3.05) is 5.32 Å². The fourth-order valence-electron chi connectivity index (χ4n) is 2.56. The highest BCUT2D eigenvalue weighted by Gasteiger charge is 2.27. The van der Waals surface area contributed by atoms with Crippen LogP contribution in [-0.2, 0) is 0 Å². The second-order valence-corrected chi connectivity index (χ2v) is 5.38. The molecule has 1 aliphatic rings. The van der Waals surface area contributed by atoms with Gasteiger partial charge in [0.15, 0.2) is 0 Å². The molecule has 0 bridgehead atoms. The Labute approximate surface area is 116 Å². The van der Waals surface area contributed by atoms with Crippen LogP contribution in [0.4, 0.5) is 11.5 Å². The Bertz CT molecular complexity index is 495. The molecule has 0 spiro atoms. The molecule has 104 valence electrons. The minimum Gasteiger partial charge on any atom is -0.361 e. The summed E-state index contributed by atoms with van der Waals surface area (Å²) in [5.41, 5.74) is 0.207. The van der Waals surface area contributed by atoms with Crippen LogP contribution in [0, 0.1) is 23.0 Å². The minimum absolute atomic E-state index is 0.0362. The van der Waals surface area contributed by atoms with Crippen LogP contribution >= 0.6 is 11.6 Å². The van der Waals surface area contributed by atoms with Gasteiger partial charge in [-0.1, -0.05) is 19.8 Å². The molecule has 6 nitrogen and oxygen atoms in total. The predicted molar refractivity (Wildman–Crippen MR) is 73.5 cm³/mol. The topological polar surface area (TPSA) is 81.0 Å². The van der Waals surface area contributed by atoms with Crippen molar-refractivity contribution >= 4 is 23.1 Å². The molecular formula is C12H17ClN4O2. The number of nitrogens with zero attached hydrogens (tertiary/aromatic N) is 3. The summed E-state index contributed by atoms with van der Waals surface area (Å²) in [6.07, 6.45) is 4.47. The first-order valence-electron chi connectivity index (χ1n) is 6.44. The lowest BCUT2D eigenvalue weighted by Gasteiger charge is -2.29. The van der Waals surface area contributed by atoms with Crippen molar-refractivity contribution in [2.45, 2.75) is 45.6 Å². The quantitative estimate of drug-likeness (QED) is 0.523. The third kappa shape index (κ3) is 3.12. The van der Waals surface area contributed by atoms with Crippen LogP contribution in [0.25, 0.3) is 0 Å². The highest BCUT2D eigenvalue weighted by molar-refractivity contribution is 6.28. The Morgan fingerprint density at radius 3 is 2.68 bits per heavy atom. The zero-order valence-corrected chi connectivity index (χ0v) is 11.8. The molecule has 0 aromatic carbocycles. The summed E-state index contributed by atoms with van der Waals surface area (Å²) in [5, 5.41) is 14.3. The first kappa shape index (κ1) is 14.0. The maximum absolute atomic E-state index is 11.1. The summed E-state index contributed by atoms with van der Waals surface area (Å²) in [6.45, 7) is 3.72. The van der Waals surface area contributed by atoms with Gasteiger partial charge in [-0.05, 0) is 37.3 Å². The highest BCUT2D eigenvalue weighted by atomic mass is 35.5. The third-order valence-corrected chi connectivity index (χ3v) is 3.82. The van der Waals surface area contributed by atoms with Gasteiger partial charge in [0, 0.05) is 6.04 Å². The molecule has 1 aromatic rings. The summed E-state index contributed by atoms with van der Waals surface area (Å²) >= 11 is 5.80. The van der Waals surface area contributed by atoms with E-state index in [0.29, 0.717) is 5.92 Å². The second kappa shape index (κ2) is 5.69. The maximum atomic E-state index is 11.1. The molecular weight excluding hydrogens is 268 g/mol. The van der Waals surface area contributed by atoms with Crippen molar-refractivity contribution in [1.82, 2.24) is 9.97 Å². The fraction of sp³-hybridized carbons (Fsp3) is 0.667. The van der Waals surface area contributed by atoms with Gasteiger partial charge in [-0.2, -0.15) is 4.98 Å². The number of nitro groups is 1. The molecule has 0 saturated heterocycles. The number of anilines is 1. The average molecular weight is 285 g/mol. The van der Waals surface area contributed by atoms with Gasteiger partial charge in [0.25, 0.3) is 0 Å². The van der Waals surface area contributed by atoms with Crippen molar-refractivity contribution in [3.05, 3.63) is 21.1 Å². The lowest BCUT2D eigenvalue weighted by Crippen LogP contribution is -2.31. The van der Waals surface area contributed by atoms with Crippen molar-refractivity contribution in [3.8, 4) is 0 Å². The number of hydrogen-bond donors (Lipinski definition) is 1. The maximum Gasteiger partial charge on any atom is 0.332 e. The number of rotatable bonds is 3. The van der Waals surface area contributed by atoms with Crippen molar-refractivity contribution in [2.24, 2.45) is 5.92 Å². The molecule has 1 aromatic heterocycles. The minimum atomic E-state index is -0.457. The molecule has 1 fully saturated rings. The van der Waals surface area contributed by atoms with Crippen molar-refractivity contribution in [3.63, 3.8) is 0 Å². The largest absolute Gasteiger partial charge is 0.361 e. The Hall–Kier alpha value is -1.43. The monoisotopic (exact) mass is 284 g/mol. The number of halogens is 1. The van der Waals surface area contributed by atoms with Gasteiger partial charge in [0.05, 0.1) is 4.92 Å². The first-order valence-corrected chi connectivity index (χ1v) is 6.82. The molecule has 1 heterocycles. The standard InChI is InChI=1S/C12H17ClN4O2/c1-7-5-3-4-6-9(7)15-11-10(17(18)19)8(2)14-12(13)16-11/h7,9H,3-6H2,1-2H3,(H,14,15,16). The summed E-state index contributed by atoms with van der Waals surface area (Å²) in [5.74, 6) is 0.712. The van der Waals surface area contributed by atoms with E-state index in [9.17, 15) is 10.1 Å². The normalized spacial score (nSPS) is 23.1. The van der Waals surface area contributed by atoms with Crippen LogP contribution in [0.2, 0.25) is 5.28 Å². The van der Waals surface area contributed by atoms with Crippen molar-refractivity contribution in [1.29, 1.82) is 0 Å². The molecule has 0 aliphatic heterocycles. The summed E-state index contributed by atoms with van der Waals surface area (Å²) in [7, 11) is 0. The van der Waals surface area contributed by atoms with E-state index in [0.717, 1.165) is 19.3 Å². The Morgan fingerprint density at radius 2 is 2.05 bits per heavy atom. The van der Waals surface area contributed by atoms with Gasteiger partial charge in [0.2, 0.25) is 11.1 Å². The van der Waals surface area contributed by atoms with Gasteiger partial charge < -0.3 is 5.32 Å². The summed E-state index contributed by atoms with van der Waals surface area (Å²) < 4.78 is 0. The van der Waals surface area contributed by atoms with E-state index in [-0.39, 0.29) is 28.5 Å². The average Bonchev–Trinajstić information content (AvgIpc) is 2.30. The van der Waals surface area contributed by atoms with E-state index in [4.69, 9.17) is 11.6 Å². The number of hydrogen-bond acceptors (Lipinski definition) is 5.